The molecule has 0 saturated heterocycles. The van der Waals surface area contributed by atoms with Gasteiger partial charge < -0.3 is 5.73 Å². The number of aryl methyl sites for hydroxylation is 1. The van der Waals surface area contributed by atoms with E-state index in [0.717, 1.165) is 27.8 Å². The van der Waals surface area contributed by atoms with E-state index in [9.17, 15) is 4.39 Å². The Bertz CT molecular complexity index is 1020. The average molecular weight is 319 g/mol. The Kier molecular flexibility index (Phi) is 3.23. The Morgan fingerprint density at radius 3 is 2.42 bits per heavy atom. The monoisotopic (exact) mass is 319 g/mol. The first-order chi connectivity index (χ1) is 11.6. The Labute approximate surface area is 137 Å². The number of hydrogen-bond acceptors (Lipinski definition) is 4. The fraction of sp³-hybridized carbons (Fsp3) is 0.0556. The second kappa shape index (κ2) is 5.42. The lowest BCUT2D eigenvalue weighted by atomic mass is 9.99. The van der Waals surface area contributed by atoms with Crippen molar-refractivity contribution < 1.29 is 4.39 Å². The molecule has 0 aliphatic heterocycles. The minimum absolute atomic E-state index is 0.282. The van der Waals surface area contributed by atoms with Crippen LogP contribution in [-0.4, -0.2) is 19.7 Å². The van der Waals surface area contributed by atoms with Crippen LogP contribution < -0.4 is 5.73 Å². The summed E-state index contributed by atoms with van der Waals surface area (Å²) in [7, 11) is 1.80. The minimum Gasteiger partial charge on any atom is -0.382 e. The summed E-state index contributed by atoms with van der Waals surface area (Å²) in [6, 6.07) is 12.1. The fourth-order valence-corrected chi connectivity index (χ4v) is 2.78. The van der Waals surface area contributed by atoms with Crippen molar-refractivity contribution in [2.45, 2.75) is 0 Å². The molecule has 0 atom stereocenters. The first-order valence-electron chi connectivity index (χ1n) is 7.43. The summed E-state index contributed by atoms with van der Waals surface area (Å²) in [6.45, 7) is 0. The number of anilines is 1. The van der Waals surface area contributed by atoms with Crippen LogP contribution in [0.25, 0.3) is 33.4 Å². The van der Waals surface area contributed by atoms with Crippen molar-refractivity contribution in [2.75, 3.05) is 5.73 Å². The SMILES string of the molecule is Cn1nc(N)c2cc(-c3ccncc3)c(-c3ccc(F)cc3)nc21. The van der Waals surface area contributed by atoms with Crippen molar-refractivity contribution in [3.8, 4) is 22.4 Å². The molecule has 1 aromatic carbocycles. The topological polar surface area (TPSA) is 69.6 Å². The van der Waals surface area contributed by atoms with Gasteiger partial charge in [-0.15, -0.1) is 0 Å². The zero-order chi connectivity index (χ0) is 16.7. The van der Waals surface area contributed by atoms with Gasteiger partial charge in [-0.25, -0.2) is 14.1 Å². The van der Waals surface area contributed by atoms with Gasteiger partial charge in [-0.1, -0.05) is 0 Å². The number of nitrogens with zero attached hydrogens (tertiary/aromatic N) is 4. The van der Waals surface area contributed by atoms with Crippen LogP contribution in [0.1, 0.15) is 0 Å². The third kappa shape index (κ3) is 2.28. The normalized spacial score (nSPS) is 11.1. The fourth-order valence-electron chi connectivity index (χ4n) is 2.78. The van der Waals surface area contributed by atoms with Gasteiger partial charge in [0.1, 0.15) is 5.82 Å². The van der Waals surface area contributed by atoms with Crippen LogP contribution in [-0.2, 0) is 7.05 Å². The van der Waals surface area contributed by atoms with Crippen molar-refractivity contribution in [3.05, 3.63) is 60.7 Å². The highest BCUT2D eigenvalue weighted by Crippen LogP contribution is 2.34. The number of pyridine rings is 2. The van der Waals surface area contributed by atoms with Gasteiger partial charge in [0.15, 0.2) is 11.5 Å². The van der Waals surface area contributed by atoms with Crippen molar-refractivity contribution in [3.63, 3.8) is 0 Å². The summed E-state index contributed by atoms with van der Waals surface area (Å²) in [5.41, 5.74) is 10.1. The van der Waals surface area contributed by atoms with Crippen molar-refractivity contribution >= 4 is 16.9 Å². The molecular formula is C18H14FN5. The van der Waals surface area contributed by atoms with Crippen molar-refractivity contribution in [2.24, 2.45) is 7.05 Å². The molecule has 0 bridgehead atoms. The van der Waals surface area contributed by atoms with E-state index in [1.807, 2.05) is 18.2 Å². The smallest absolute Gasteiger partial charge is 0.160 e. The Morgan fingerprint density at radius 1 is 1.00 bits per heavy atom. The van der Waals surface area contributed by atoms with E-state index in [1.54, 1.807) is 36.3 Å². The number of benzene rings is 1. The van der Waals surface area contributed by atoms with Gasteiger partial charge in [0.2, 0.25) is 0 Å². The maximum Gasteiger partial charge on any atom is 0.160 e. The van der Waals surface area contributed by atoms with Crippen LogP contribution in [0.5, 0.6) is 0 Å². The van der Waals surface area contributed by atoms with E-state index in [1.165, 1.54) is 12.1 Å². The lowest BCUT2D eigenvalue weighted by Gasteiger charge is -2.10. The summed E-state index contributed by atoms with van der Waals surface area (Å²) in [4.78, 5) is 8.81. The van der Waals surface area contributed by atoms with Crippen molar-refractivity contribution in [1.82, 2.24) is 19.7 Å². The third-order valence-electron chi connectivity index (χ3n) is 3.95. The Hall–Kier alpha value is -3.28. The highest BCUT2D eigenvalue weighted by atomic mass is 19.1. The molecule has 0 radical (unpaired) electrons. The Morgan fingerprint density at radius 2 is 1.71 bits per heavy atom. The van der Waals surface area contributed by atoms with Gasteiger partial charge in [-0.05, 0) is 48.0 Å². The molecule has 0 unspecified atom stereocenters. The standard InChI is InChI=1S/C18H14FN5/c1-24-18-15(17(20)23-24)10-14(11-6-8-21-9-7-11)16(22-18)12-2-4-13(19)5-3-12/h2-10H,1H3,(H2,20,23). The number of fused-ring (bicyclic) bond motifs is 1. The van der Waals surface area contributed by atoms with Gasteiger partial charge in [-0.3, -0.25) is 4.98 Å². The molecule has 118 valence electrons. The van der Waals surface area contributed by atoms with Gasteiger partial charge in [0.25, 0.3) is 0 Å². The van der Waals surface area contributed by atoms with E-state index in [2.05, 4.69) is 10.1 Å². The van der Waals surface area contributed by atoms with Crippen LogP contribution in [0.4, 0.5) is 10.2 Å². The summed E-state index contributed by atoms with van der Waals surface area (Å²) in [5.74, 6) is 0.149. The zero-order valence-corrected chi connectivity index (χ0v) is 12.9. The van der Waals surface area contributed by atoms with Gasteiger partial charge in [0.05, 0.1) is 11.1 Å². The molecule has 0 spiro atoms. The molecule has 3 aromatic heterocycles. The molecular weight excluding hydrogens is 305 g/mol. The third-order valence-corrected chi connectivity index (χ3v) is 3.95. The molecule has 0 aliphatic carbocycles. The number of rotatable bonds is 2. The highest BCUT2D eigenvalue weighted by molar-refractivity contribution is 5.95. The zero-order valence-electron chi connectivity index (χ0n) is 12.9. The summed E-state index contributed by atoms with van der Waals surface area (Å²) in [5, 5.41) is 5.02. The van der Waals surface area contributed by atoms with E-state index in [4.69, 9.17) is 10.7 Å². The molecule has 0 fully saturated rings. The van der Waals surface area contributed by atoms with Crippen LogP contribution >= 0.6 is 0 Å². The molecule has 5 nitrogen and oxygen atoms in total. The van der Waals surface area contributed by atoms with Crippen LogP contribution in [0.15, 0.2) is 54.9 Å². The quantitative estimate of drug-likeness (QED) is 0.614. The minimum atomic E-state index is -0.282. The number of aromatic nitrogens is 4. The van der Waals surface area contributed by atoms with Crippen molar-refractivity contribution in [1.29, 1.82) is 0 Å². The largest absolute Gasteiger partial charge is 0.382 e. The van der Waals surface area contributed by atoms with Gasteiger partial charge in [0, 0.05) is 30.6 Å². The molecule has 0 aliphatic rings. The lowest BCUT2D eigenvalue weighted by Crippen LogP contribution is -1.96. The second-order valence-electron chi connectivity index (χ2n) is 5.51. The van der Waals surface area contributed by atoms with Crippen LogP contribution in [0.3, 0.4) is 0 Å². The first kappa shape index (κ1) is 14.3. The Balaban J connectivity index is 2.05. The van der Waals surface area contributed by atoms with E-state index in [0.29, 0.717) is 11.5 Å². The summed E-state index contributed by atoms with van der Waals surface area (Å²) >= 11 is 0. The summed E-state index contributed by atoms with van der Waals surface area (Å²) < 4.78 is 14.9. The molecule has 4 rings (SSSR count). The maximum absolute atomic E-state index is 13.3. The van der Waals surface area contributed by atoms with E-state index in [-0.39, 0.29) is 5.82 Å². The van der Waals surface area contributed by atoms with E-state index >= 15 is 0 Å². The van der Waals surface area contributed by atoms with E-state index < -0.39 is 0 Å². The molecule has 0 saturated carbocycles. The second-order valence-corrected chi connectivity index (χ2v) is 5.51. The lowest BCUT2D eigenvalue weighted by molar-refractivity contribution is 0.628. The molecule has 0 amide bonds. The number of hydrogen-bond donors (Lipinski definition) is 1. The molecule has 24 heavy (non-hydrogen) atoms. The van der Waals surface area contributed by atoms with Gasteiger partial charge in [-0.2, -0.15) is 5.10 Å². The molecule has 3 heterocycles. The number of nitrogens with two attached hydrogens (primary N) is 1. The predicted octanol–water partition coefficient (Wildman–Crippen LogP) is 3.42. The van der Waals surface area contributed by atoms with Gasteiger partial charge >= 0.3 is 0 Å². The average Bonchev–Trinajstić information content (AvgIpc) is 2.89. The maximum atomic E-state index is 13.3. The number of halogens is 1. The summed E-state index contributed by atoms with van der Waals surface area (Å²) in [6.07, 6.45) is 3.45. The highest BCUT2D eigenvalue weighted by Gasteiger charge is 2.15. The first-order valence-corrected chi connectivity index (χ1v) is 7.43. The van der Waals surface area contributed by atoms with Crippen LogP contribution in [0.2, 0.25) is 0 Å². The molecule has 6 heteroatoms. The van der Waals surface area contributed by atoms with Crippen LogP contribution in [0, 0.1) is 5.82 Å². The number of nitrogen functional groups attached to an aromatic ring is 1. The molecule has 2 N–H and O–H groups in total. The predicted molar refractivity (Wildman–Crippen MR) is 91.5 cm³/mol. The molecule has 4 aromatic rings.